The molecule has 0 saturated carbocycles. The number of hydrogen-bond donors (Lipinski definition) is 1. The molecule has 0 atom stereocenters. The van der Waals surface area contributed by atoms with Crippen molar-refractivity contribution in [3.05, 3.63) is 58.7 Å². The standard InChI is InChI=1S/C15H9BrN2O2/c16-10-6-4-9(5-7-10)13-8-17-12-3-1-2-11(15(19)20)14(12)18-13/h1-8H,(H,19,20). The van der Waals surface area contributed by atoms with E-state index in [0.29, 0.717) is 16.7 Å². The molecule has 0 fully saturated rings. The van der Waals surface area contributed by atoms with Gasteiger partial charge in [-0.2, -0.15) is 0 Å². The van der Waals surface area contributed by atoms with Crippen molar-refractivity contribution in [2.24, 2.45) is 0 Å². The Hall–Kier alpha value is -2.27. The zero-order chi connectivity index (χ0) is 14.1. The molecule has 0 amide bonds. The molecule has 4 nitrogen and oxygen atoms in total. The molecule has 98 valence electrons. The van der Waals surface area contributed by atoms with Crippen molar-refractivity contribution in [1.29, 1.82) is 0 Å². The van der Waals surface area contributed by atoms with E-state index in [2.05, 4.69) is 25.9 Å². The normalized spacial score (nSPS) is 10.7. The first-order chi connectivity index (χ1) is 9.65. The summed E-state index contributed by atoms with van der Waals surface area (Å²) in [5.74, 6) is -1.00. The van der Waals surface area contributed by atoms with Crippen LogP contribution in [0, 0.1) is 0 Å². The third kappa shape index (κ3) is 2.28. The monoisotopic (exact) mass is 328 g/mol. The number of aromatic nitrogens is 2. The van der Waals surface area contributed by atoms with Crippen molar-refractivity contribution >= 4 is 32.9 Å². The van der Waals surface area contributed by atoms with Crippen molar-refractivity contribution in [3.8, 4) is 11.3 Å². The summed E-state index contributed by atoms with van der Waals surface area (Å²) >= 11 is 3.37. The van der Waals surface area contributed by atoms with Gasteiger partial charge < -0.3 is 5.11 Å². The first kappa shape index (κ1) is 12.7. The third-order valence-electron chi connectivity index (χ3n) is 2.94. The van der Waals surface area contributed by atoms with Crippen LogP contribution in [-0.4, -0.2) is 21.0 Å². The summed E-state index contributed by atoms with van der Waals surface area (Å²) in [5, 5.41) is 9.21. The zero-order valence-corrected chi connectivity index (χ0v) is 11.8. The summed E-state index contributed by atoms with van der Waals surface area (Å²) in [6, 6.07) is 12.6. The van der Waals surface area contributed by atoms with Crippen molar-refractivity contribution in [3.63, 3.8) is 0 Å². The molecule has 0 aliphatic heterocycles. The van der Waals surface area contributed by atoms with Crippen LogP contribution in [0.25, 0.3) is 22.3 Å². The fourth-order valence-electron chi connectivity index (χ4n) is 1.97. The fourth-order valence-corrected chi connectivity index (χ4v) is 2.23. The minimum absolute atomic E-state index is 0.161. The molecule has 0 radical (unpaired) electrons. The molecular weight excluding hydrogens is 320 g/mol. The Balaban J connectivity index is 2.21. The van der Waals surface area contributed by atoms with Gasteiger partial charge in [-0.05, 0) is 24.3 Å². The highest BCUT2D eigenvalue weighted by molar-refractivity contribution is 9.10. The van der Waals surface area contributed by atoms with Gasteiger partial charge in [-0.1, -0.05) is 34.1 Å². The Bertz CT molecular complexity index is 801. The van der Waals surface area contributed by atoms with Crippen molar-refractivity contribution < 1.29 is 9.90 Å². The van der Waals surface area contributed by atoms with Gasteiger partial charge in [-0.3, -0.25) is 4.98 Å². The first-order valence-electron chi connectivity index (χ1n) is 5.90. The lowest BCUT2D eigenvalue weighted by Crippen LogP contribution is -2.00. The van der Waals surface area contributed by atoms with Gasteiger partial charge in [0.2, 0.25) is 0 Å². The average Bonchev–Trinajstić information content (AvgIpc) is 2.46. The summed E-state index contributed by atoms with van der Waals surface area (Å²) in [5.41, 5.74) is 2.68. The molecule has 5 heteroatoms. The second-order valence-corrected chi connectivity index (χ2v) is 5.16. The topological polar surface area (TPSA) is 63.1 Å². The molecule has 1 N–H and O–H groups in total. The number of halogens is 1. The molecule has 0 saturated heterocycles. The van der Waals surface area contributed by atoms with Gasteiger partial charge in [0.15, 0.2) is 0 Å². The number of carbonyl (C=O) groups is 1. The van der Waals surface area contributed by atoms with Gasteiger partial charge in [-0.15, -0.1) is 0 Å². The molecule has 1 heterocycles. The number of rotatable bonds is 2. The van der Waals surface area contributed by atoms with Crippen molar-refractivity contribution in [2.75, 3.05) is 0 Å². The number of fused-ring (bicyclic) bond motifs is 1. The molecular formula is C15H9BrN2O2. The van der Waals surface area contributed by atoms with Gasteiger partial charge >= 0.3 is 5.97 Å². The molecule has 2 aromatic carbocycles. The fraction of sp³-hybridized carbons (Fsp3) is 0. The third-order valence-corrected chi connectivity index (χ3v) is 3.47. The molecule has 20 heavy (non-hydrogen) atoms. The van der Waals surface area contributed by atoms with Gasteiger partial charge in [0.05, 0.1) is 23.0 Å². The molecule has 3 aromatic rings. The van der Waals surface area contributed by atoms with Crippen LogP contribution in [0.2, 0.25) is 0 Å². The van der Waals surface area contributed by atoms with Gasteiger partial charge in [0.1, 0.15) is 5.52 Å². The Labute approximate surface area is 123 Å². The van der Waals surface area contributed by atoms with E-state index in [-0.39, 0.29) is 5.56 Å². The quantitative estimate of drug-likeness (QED) is 0.778. The summed E-state index contributed by atoms with van der Waals surface area (Å²) < 4.78 is 0.973. The minimum atomic E-state index is -1.00. The summed E-state index contributed by atoms with van der Waals surface area (Å²) in [7, 11) is 0. The Morgan fingerprint density at radius 2 is 1.85 bits per heavy atom. The molecule has 0 bridgehead atoms. The highest BCUT2D eigenvalue weighted by atomic mass is 79.9. The first-order valence-corrected chi connectivity index (χ1v) is 6.69. The summed E-state index contributed by atoms with van der Waals surface area (Å²) in [6.45, 7) is 0. The van der Waals surface area contributed by atoms with E-state index >= 15 is 0 Å². The Morgan fingerprint density at radius 1 is 1.10 bits per heavy atom. The highest BCUT2D eigenvalue weighted by Gasteiger charge is 2.11. The lowest BCUT2D eigenvalue weighted by molar-refractivity contribution is 0.0699. The molecule has 0 unspecified atom stereocenters. The number of aromatic carboxylic acids is 1. The van der Waals surface area contributed by atoms with Crippen molar-refractivity contribution in [2.45, 2.75) is 0 Å². The van der Waals surface area contributed by atoms with E-state index in [9.17, 15) is 9.90 Å². The van der Waals surface area contributed by atoms with Gasteiger partial charge in [-0.25, -0.2) is 9.78 Å². The predicted molar refractivity (Wildman–Crippen MR) is 79.6 cm³/mol. The minimum Gasteiger partial charge on any atom is -0.478 e. The van der Waals surface area contributed by atoms with Crippen LogP contribution in [-0.2, 0) is 0 Å². The zero-order valence-electron chi connectivity index (χ0n) is 10.2. The van der Waals surface area contributed by atoms with Crippen LogP contribution in [0.3, 0.4) is 0 Å². The van der Waals surface area contributed by atoms with Gasteiger partial charge in [0, 0.05) is 10.0 Å². The van der Waals surface area contributed by atoms with Crippen LogP contribution in [0.5, 0.6) is 0 Å². The number of carboxylic acid groups (broad SMARTS) is 1. The number of hydrogen-bond acceptors (Lipinski definition) is 3. The molecule has 3 rings (SSSR count). The predicted octanol–water partition coefficient (Wildman–Crippen LogP) is 3.76. The summed E-state index contributed by atoms with van der Waals surface area (Å²) in [4.78, 5) is 20.0. The van der Waals surface area contributed by atoms with E-state index in [0.717, 1.165) is 10.0 Å². The van der Waals surface area contributed by atoms with E-state index < -0.39 is 5.97 Å². The van der Waals surface area contributed by atoms with E-state index in [1.165, 1.54) is 6.07 Å². The molecule has 0 spiro atoms. The smallest absolute Gasteiger partial charge is 0.337 e. The second-order valence-electron chi connectivity index (χ2n) is 4.24. The SMILES string of the molecule is O=C(O)c1cccc2ncc(-c3ccc(Br)cc3)nc12. The number of carboxylic acids is 1. The number of benzene rings is 2. The van der Waals surface area contributed by atoms with Crippen LogP contribution >= 0.6 is 15.9 Å². The highest BCUT2D eigenvalue weighted by Crippen LogP contribution is 2.22. The van der Waals surface area contributed by atoms with Gasteiger partial charge in [0.25, 0.3) is 0 Å². The largest absolute Gasteiger partial charge is 0.478 e. The average molecular weight is 329 g/mol. The maximum Gasteiger partial charge on any atom is 0.337 e. The van der Waals surface area contributed by atoms with Crippen LogP contribution < -0.4 is 0 Å². The Morgan fingerprint density at radius 3 is 2.55 bits per heavy atom. The molecule has 0 aliphatic rings. The van der Waals surface area contributed by atoms with Crippen LogP contribution in [0.1, 0.15) is 10.4 Å². The lowest BCUT2D eigenvalue weighted by Gasteiger charge is -2.05. The number of nitrogens with zero attached hydrogens (tertiary/aromatic N) is 2. The van der Waals surface area contributed by atoms with Crippen molar-refractivity contribution in [1.82, 2.24) is 9.97 Å². The maximum atomic E-state index is 11.2. The lowest BCUT2D eigenvalue weighted by atomic mass is 10.1. The number of para-hydroxylation sites is 1. The second kappa shape index (κ2) is 5.02. The Kier molecular flexibility index (Phi) is 3.20. The van der Waals surface area contributed by atoms with E-state index in [1.807, 2.05) is 24.3 Å². The van der Waals surface area contributed by atoms with E-state index in [1.54, 1.807) is 18.3 Å². The van der Waals surface area contributed by atoms with Crippen LogP contribution in [0.4, 0.5) is 0 Å². The van der Waals surface area contributed by atoms with E-state index in [4.69, 9.17) is 0 Å². The summed E-state index contributed by atoms with van der Waals surface area (Å²) in [6.07, 6.45) is 1.65. The van der Waals surface area contributed by atoms with Crippen LogP contribution in [0.15, 0.2) is 53.1 Å². The molecule has 0 aliphatic carbocycles. The molecule has 1 aromatic heterocycles. The maximum absolute atomic E-state index is 11.2.